The number of aromatic nitrogens is 4. The van der Waals surface area contributed by atoms with Gasteiger partial charge in [-0.05, 0) is 36.4 Å². The van der Waals surface area contributed by atoms with E-state index < -0.39 is 10.0 Å². The van der Waals surface area contributed by atoms with Gasteiger partial charge in [-0.1, -0.05) is 6.07 Å². The van der Waals surface area contributed by atoms with Gasteiger partial charge in [0.25, 0.3) is 0 Å². The maximum Gasteiger partial charge on any atom is 0.233 e. The van der Waals surface area contributed by atoms with Crippen molar-refractivity contribution in [2.24, 2.45) is 0 Å². The lowest BCUT2D eigenvalue weighted by atomic mass is 10.2. The van der Waals surface area contributed by atoms with Crippen LogP contribution in [0.2, 0.25) is 0 Å². The average Bonchev–Trinajstić information content (AvgIpc) is 3.26. The van der Waals surface area contributed by atoms with Crippen molar-refractivity contribution in [3.05, 3.63) is 66.6 Å². The van der Waals surface area contributed by atoms with E-state index in [4.69, 9.17) is 4.98 Å². The number of halogens is 1. The van der Waals surface area contributed by atoms with E-state index in [1.54, 1.807) is 18.5 Å². The summed E-state index contributed by atoms with van der Waals surface area (Å²) < 4.78 is 27.3. The molecule has 10 nitrogen and oxygen atoms in total. The Balaban J connectivity index is 0.00000304. The Labute approximate surface area is 216 Å². The Morgan fingerprint density at radius 1 is 1.08 bits per heavy atom. The molecule has 0 bridgehead atoms. The Kier molecular flexibility index (Phi) is 7.62. The second kappa shape index (κ2) is 10.7. The number of nitrogens with zero attached hydrogens (tertiary/aromatic N) is 6. The summed E-state index contributed by atoms with van der Waals surface area (Å²) in [6, 6.07) is 13.9. The van der Waals surface area contributed by atoms with E-state index >= 15 is 0 Å². The molecule has 5 rings (SSSR count). The molecule has 1 fully saturated rings. The predicted molar refractivity (Wildman–Crippen MR) is 146 cm³/mol. The highest BCUT2D eigenvalue weighted by atomic mass is 35.5. The van der Waals surface area contributed by atoms with Crippen molar-refractivity contribution in [2.45, 2.75) is 6.54 Å². The molecule has 1 saturated heterocycles. The zero-order chi connectivity index (χ0) is 24.4. The van der Waals surface area contributed by atoms with Crippen LogP contribution in [-0.2, 0) is 16.6 Å². The van der Waals surface area contributed by atoms with Crippen LogP contribution >= 0.6 is 12.4 Å². The van der Waals surface area contributed by atoms with Crippen molar-refractivity contribution in [1.82, 2.24) is 24.8 Å². The van der Waals surface area contributed by atoms with Gasteiger partial charge in [-0.15, -0.1) is 12.4 Å². The average molecular weight is 529 g/mol. The molecule has 12 heteroatoms. The lowest BCUT2D eigenvalue weighted by molar-refractivity contribution is 0.589. The number of sulfonamides is 1. The smallest absolute Gasteiger partial charge is 0.233 e. The van der Waals surface area contributed by atoms with Crippen LogP contribution in [0, 0.1) is 0 Å². The molecule has 1 aromatic carbocycles. The third-order valence-corrected chi connectivity index (χ3v) is 7.28. The van der Waals surface area contributed by atoms with Crippen LogP contribution in [0.4, 0.5) is 23.1 Å². The molecule has 1 aliphatic rings. The standard InChI is InChI=1S/C24H28N8O2S.ClH/c1-30(35(2,33)34)22-19(4-3-10-26-22)17-32-13-9-18-16-27-24(29-23(18)32)28-20-5-7-21(8-6-20)31-14-11-25-12-15-31;/h3-10,13,16,25H,11-12,14-15,17H2,1-2H3,(H,27,28,29);1H. The summed E-state index contributed by atoms with van der Waals surface area (Å²) in [5.41, 5.74) is 3.63. The minimum atomic E-state index is -3.43. The van der Waals surface area contributed by atoms with Crippen LogP contribution in [0.25, 0.3) is 11.0 Å². The molecule has 1 aliphatic heterocycles. The minimum absolute atomic E-state index is 0. The number of hydrogen-bond donors (Lipinski definition) is 2. The molecule has 190 valence electrons. The first-order chi connectivity index (χ1) is 16.9. The Hall–Kier alpha value is -3.41. The van der Waals surface area contributed by atoms with Crippen molar-refractivity contribution >= 4 is 56.6 Å². The van der Waals surface area contributed by atoms with Crippen molar-refractivity contribution in [3.63, 3.8) is 0 Å². The molecule has 0 radical (unpaired) electrons. The topological polar surface area (TPSA) is 108 Å². The number of piperazine rings is 1. The monoisotopic (exact) mass is 528 g/mol. The first kappa shape index (κ1) is 25.7. The summed E-state index contributed by atoms with van der Waals surface area (Å²) >= 11 is 0. The van der Waals surface area contributed by atoms with Crippen LogP contribution in [0.1, 0.15) is 5.56 Å². The zero-order valence-electron chi connectivity index (χ0n) is 20.1. The van der Waals surface area contributed by atoms with Crippen LogP contribution in [0.15, 0.2) is 61.1 Å². The fourth-order valence-corrected chi connectivity index (χ4v) is 4.62. The summed E-state index contributed by atoms with van der Waals surface area (Å²) in [5, 5.41) is 7.56. The molecule has 36 heavy (non-hydrogen) atoms. The minimum Gasteiger partial charge on any atom is -0.369 e. The zero-order valence-corrected chi connectivity index (χ0v) is 21.8. The highest BCUT2D eigenvalue weighted by molar-refractivity contribution is 7.92. The number of nitrogens with one attached hydrogen (secondary N) is 2. The maximum atomic E-state index is 12.1. The van der Waals surface area contributed by atoms with Gasteiger partial charge in [0, 0.05) is 74.1 Å². The van der Waals surface area contributed by atoms with Gasteiger partial charge in [0.2, 0.25) is 16.0 Å². The molecule has 0 amide bonds. The number of fused-ring (bicyclic) bond motifs is 1. The number of hydrogen-bond acceptors (Lipinski definition) is 8. The van der Waals surface area contributed by atoms with Crippen LogP contribution in [0.3, 0.4) is 0 Å². The molecule has 4 aromatic rings. The van der Waals surface area contributed by atoms with E-state index in [2.05, 4.69) is 37.6 Å². The fraction of sp³-hybridized carbons (Fsp3) is 0.292. The van der Waals surface area contributed by atoms with Gasteiger partial charge in [0.05, 0.1) is 12.8 Å². The third kappa shape index (κ3) is 5.53. The van der Waals surface area contributed by atoms with E-state index in [9.17, 15) is 8.42 Å². The molecule has 0 spiro atoms. The highest BCUT2D eigenvalue weighted by Gasteiger charge is 2.18. The fourth-order valence-electron chi connectivity index (χ4n) is 4.14. The van der Waals surface area contributed by atoms with Crippen molar-refractivity contribution in [1.29, 1.82) is 0 Å². The molecule has 0 saturated carbocycles. The molecular formula is C24H29ClN8O2S. The van der Waals surface area contributed by atoms with Crippen LogP contribution < -0.4 is 19.8 Å². The van der Waals surface area contributed by atoms with Crippen LogP contribution in [0.5, 0.6) is 0 Å². The van der Waals surface area contributed by atoms with Gasteiger partial charge < -0.3 is 20.1 Å². The lowest BCUT2D eigenvalue weighted by Crippen LogP contribution is -2.43. The molecule has 0 unspecified atom stereocenters. The first-order valence-electron chi connectivity index (χ1n) is 11.4. The predicted octanol–water partition coefficient (Wildman–Crippen LogP) is 2.85. The maximum absolute atomic E-state index is 12.1. The number of anilines is 4. The van der Waals surface area contributed by atoms with E-state index in [0.717, 1.165) is 54.7 Å². The van der Waals surface area contributed by atoms with Gasteiger partial charge in [-0.2, -0.15) is 4.98 Å². The van der Waals surface area contributed by atoms with Crippen molar-refractivity contribution < 1.29 is 8.42 Å². The quantitative estimate of drug-likeness (QED) is 0.377. The SMILES string of the molecule is CN(c1ncccc1Cn1ccc2cnc(Nc3ccc(N4CCNCC4)cc3)nc21)S(C)(=O)=O.Cl. The Morgan fingerprint density at radius 3 is 2.56 bits per heavy atom. The first-order valence-corrected chi connectivity index (χ1v) is 13.3. The summed E-state index contributed by atoms with van der Waals surface area (Å²) in [4.78, 5) is 15.9. The Morgan fingerprint density at radius 2 is 1.83 bits per heavy atom. The number of rotatable bonds is 7. The molecular weight excluding hydrogens is 500 g/mol. The third-order valence-electron chi connectivity index (χ3n) is 6.11. The molecule has 4 heterocycles. The van der Waals surface area contributed by atoms with Gasteiger partial charge in [0.15, 0.2) is 0 Å². The van der Waals surface area contributed by atoms with Gasteiger partial charge in [-0.25, -0.2) is 18.4 Å². The molecule has 3 aromatic heterocycles. The normalized spacial score (nSPS) is 13.9. The van der Waals surface area contributed by atoms with E-state index in [1.807, 2.05) is 35.0 Å². The number of pyridine rings is 1. The Bertz CT molecular complexity index is 1440. The highest BCUT2D eigenvalue weighted by Crippen LogP contribution is 2.24. The second-order valence-electron chi connectivity index (χ2n) is 8.54. The molecule has 2 N–H and O–H groups in total. The number of benzene rings is 1. The van der Waals surface area contributed by atoms with Gasteiger partial charge >= 0.3 is 0 Å². The summed E-state index contributed by atoms with van der Waals surface area (Å²) in [5.74, 6) is 0.890. The van der Waals surface area contributed by atoms with E-state index in [0.29, 0.717) is 18.3 Å². The van der Waals surface area contributed by atoms with Crippen molar-refractivity contribution in [2.75, 3.05) is 54.0 Å². The summed E-state index contributed by atoms with van der Waals surface area (Å²) in [6.07, 6.45) is 6.45. The second-order valence-corrected chi connectivity index (χ2v) is 10.6. The van der Waals surface area contributed by atoms with Crippen LogP contribution in [-0.4, -0.2) is 67.4 Å². The largest absolute Gasteiger partial charge is 0.369 e. The summed E-state index contributed by atoms with van der Waals surface area (Å²) in [7, 11) is -1.93. The summed E-state index contributed by atoms with van der Waals surface area (Å²) in [6.45, 7) is 4.42. The van der Waals surface area contributed by atoms with E-state index in [-0.39, 0.29) is 12.4 Å². The van der Waals surface area contributed by atoms with Gasteiger partial charge in [-0.3, -0.25) is 4.31 Å². The van der Waals surface area contributed by atoms with E-state index in [1.165, 1.54) is 17.0 Å². The van der Waals surface area contributed by atoms with Crippen molar-refractivity contribution in [3.8, 4) is 0 Å². The molecule has 0 aliphatic carbocycles. The lowest BCUT2D eigenvalue weighted by Gasteiger charge is -2.29. The molecule has 0 atom stereocenters. The van der Waals surface area contributed by atoms with Gasteiger partial charge in [0.1, 0.15) is 11.5 Å².